The van der Waals surface area contributed by atoms with Crippen molar-refractivity contribution in [3.63, 3.8) is 0 Å². The first-order valence-corrected chi connectivity index (χ1v) is 9.38. The molecule has 0 saturated carbocycles. The molecule has 0 saturated heterocycles. The largest absolute Gasteiger partial charge is 0.492 e. The van der Waals surface area contributed by atoms with Crippen molar-refractivity contribution >= 4 is 33.2 Å². The van der Waals surface area contributed by atoms with Crippen molar-refractivity contribution in [1.82, 2.24) is 4.72 Å². The van der Waals surface area contributed by atoms with Crippen molar-refractivity contribution in [2.75, 3.05) is 13.2 Å². The average molecular weight is 374 g/mol. The molecule has 0 radical (unpaired) electrons. The van der Waals surface area contributed by atoms with Crippen LogP contribution < -0.4 is 9.46 Å². The lowest BCUT2D eigenvalue weighted by Crippen LogP contribution is -2.29. The Bertz CT molecular complexity index is 758. The third-order valence-electron chi connectivity index (χ3n) is 3.08. The van der Waals surface area contributed by atoms with Crippen LogP contribution in [0.5, 0.6) is 5.75 Å². The SMILES string of the molecule is Cc1cccc(OCCNS(=O)(=O)Cc2c(Cl)cccc2Cl)c1. The average Bonchev–Trinajstić information content (AvgIpc) is 2.48. The van der Waals surface area contributed by atoms with Gasteiger partial charge in [-0.05, 0) is 36.8 Å². The number of sulfonamides is 1. The van der Waals surface area contributed by atoms with Crippen LogP contribution in [0.15, 0.2) is 42.5 Å². The number of ether oxygens (including phenoxy) is 1. The summed E-state index contributed by atoms with van der Waals surface area (Å²) in [6.45, 7) is 2.36. The van der Waals surface area contributed by atoms with Crippen LogP contribution in [-0.2, 0) is 15.8 Å². The fraction of sp³-hybridized carbons (Fsp3) is 0.250. The van der Waals surface area contributed by atoms with Crippen LogP contribution in [0.3, 0.4) is 0 Å². The molecule has 0 aliphatic rings. The summed E-state index contributed by atoms with van der Waals surface area (Å²) in [5.41, 5.74) is 1.47. The van der Waals surface area contributed by atoms with Gasteiger partial charge in [-0.1, -0.05) is 41.4 Å². The molecule has 0 spiro atoms. The summed E-state index contributed by atoms with van der Waals surface area (Å²) < 4.78 is 32.1. The summed E-state index contributed by atoms with van der Waals surface area (Å²) in [6.07, 6.45) is 0. The normalized spacial score (nSPS) is 11.4. The van der Waals surface area contributed by atoms with Crippen LogP contribution in [0.1, 0.15) is 11.1 Å². The molecule has 124 valence electrons. The van der Waals surface area contributed by atoms with Gasteiger partial charge in [-0.25, -0.2) is 13.1 Å². The lowest BCUT2D eigenvalue weighted by Gasteiger charge is -2.10. The predicted octanol–water partition coefficient (Wildman–Crippen LogP) is 3.80. The standard InChI is InChI=1S/C16H17Cl2NO3S/c1-12-4-2-5-13(10-12)22-9-8-19-23(20,21)11-14-15(17)6-3-7-16(14)18/h2-7,10,19H,8-9,11H2,1H3. The van der Waals surface area contributed by atoms with Crippen LogP contribution in [0.4, 0.5) is 0 Å². The summed E-state index contributed by atoms with van der Waals surface area (Å²) >= 11 is 12.0. The first-order valence-electron chi connectivity index (χ1n) is 6.97. The van der Waals surface area contributed by atoms with Gasteiger partial charge in [0.2, 0.25) is 10.0 Å². The van der Waals surface area contributed by atoms with Gasteiger partial charge in [-0.2, -0.15) is 0 Å². The lowest BCUT2D eigenvalue weighted by atomic mass is 10.2. The monoisotopic (exact) mass is 373 g/mol. The zero-order valence-corrected chi connectivity index (χ0v) is 14.9. The molecule has 4 nitrogen and oxygen atoms in total. The molecule has 2 rings (SSSR count). The van der Waals surface area contributed by atoms with E-state index in [1.807, 2.05) is 31.2 Å². The maximum absolute atomic E-state index is 12.1. The first-order chi connectivity index (χ1) is 10.9. The number of hydrogen-bond donors (Lipinski definition) is 1. The summed E-state index contributed by atoms with van der Waals surface area (Å²) in [5, 5.41) is 0.665. The highest BCUT2D eigenvalue weighted by molar-refractivity contribution is 7.88. The molecule has 23 heavy (non-hydrogen) atoms. The molecule has 0 aromatic heterocycles. The molecular formula is C16H17Cl2NO3S. The van der Waals surface area contributed by atoms with E-state index < -0.39 is 10.0 Å². The molecule has 2 aromatic rings. The lowest BCUT2D eigenvalue weighted by molar-refractivity contribution is 0.322. The van der Waals surface area contributed by atoms with E-state index in [1.54, 1.807) is 18.2 Å². The van der Waals surface area contributed by atoms with E-state index in [0.717, 1.165) is 5.56 Å². The minimum absolute atomic E-state index is 0.165. The van der Waals surface area contributed by atoms with Crippen molar-refractivity contribution in [3.8, 4) is 5.75 Å². The molecule has 0 bridgehead atoms. The van der Waals surface area contributed by atoms with Crippen LogP contribution in [0.25, 0.3) is 0 Å². The fourth-order valence-electron chi connectivity index (χ4n) is 1.98. The van der Waals surface area contributed by atoms with Gasteiger partial charge < -0.3 is 4.74 Å². The number of halogens is 2. The van der Waals surface area contributed by atoms with Gasteiger partial charge in [0.25, 0.3) is 0 Å². The predicted molar refractivity (Wildman–Crippen MR) is 93.8 cm³/mol. The topological polar surface area (TPSA) is 55.4 Å². The minimum atomic E-state index is -3.54. The van der Waals surface area contributed by atoms with Crippen LogP contribution >= 0.6 is 23.2 Å². The van der Waals surface area contributed by atoms with Crippen molar-refractivity contribution in [3.05, 3.63) is 63.6 Å². The maximum atomic E-state index is 12.1. The Kier molecular flexibility index (Phi) is 6.30. The molecule has 0 fully saturated rings. The van der Waals surface area contributed by atoms with Crippen molar-refractivity contribution in [2.45, 2.75) is 12.7 Å². The van der Waals surface area contributed by atoms with Gasteiger partial charge in [0.1, 0.15) is 12.4 Å². The zero-order chi connectivity index (χ0) is 16.9. The highest BCUT2D eigenvalue weighted by Crippen LogP contribution is 2.25. The Labute approximate surface area is 146 Å². The van der Waals surface area contributed by atoms with E-state index >= 15 is 0 Å². The number of nitrogens with one attached hydrogen (secondary N) is 1. The summed E-state index contributed by atoms with van der Waals surface area (Å²) in [6, 6.07) is 12.4. The van der Waals surface area contributed by atoms with E-state index in [2.05, 4.69) is 4.72 Å². The second kappa shape index (κ2) is 8.02. The summed E-state index contributed by atoms with van der Waals surface area (Å²) in [5.74, 6) is 0.439. The first kappa shape index (κ1) is 18.1. The third-order valence-corrected chi connectivity index (χ3v) is 5.10. The molecule has 0 aliphatic carbocycles. The molecule has 2 aromatic carbocycles. The number of hydrogen-bond acceptors (Lipinski definition) is 3. The molecule has 1 N–H and O–H groups in total. The van der Waals surface area contributed by atoms with Crippen molar-refractivity contribution < 1.29 is 13.2 Å². The van der Waals surface area contributed by atoms with Crippen LogP contribution in [-0.4, -0.2) is 21.6 Å². The van der Waals surface area contributed by atoms with Crippen molar-refractivity contribution in [1.29, 1.82) is 0 Å². The number of aryl methyl sites for hydroxylation is 1. The van der Waals surface area contributed by atoms with Gasteiger partial charge in [0.05, 0.1) is 5.75 Å². The highest BCUT2D eigenvalue weighted by atomic mass is 35.5. The Morgan fingerprint density at radius 1 is 1.09 bits per heavy atom. The molecule has 0 amide bonds. The van der Waals surface area contributed by atoms with Gasteiger partial charge in [-0.15, -0.1) is 0 Å². The molecule has 7 heteroatoms. The van der Waals surface area contributed by atoms with Gasteiger partial charge >= 0.3 is 0 Å². The van der Waals surface area contributed by atoms with Gasteiger partial charge in [0.15, 0.2) is 0 Å². The van der Waals surface area contributed by atoms with E-state index in [0.29, 0.717) is 21.4 Å². The Morgan fingerprint density at radius 2 is 1.74 bits per heavy atom. The molecular weight excluding hydrogens is 357 g/mol. The van der Waals surface area contributed by atoms with Crippen LogP contribution in [0, 0.1) is 6.92 Å². The van der Waals surface area contributed by atoms with Crippen molar-refractivity contribution in [2.24, 2.45) is 0 Å². The molecule has 0 aliphatic heterocycles. The summed E-state index contributed by atoms with van der Waals surface area (Å²) in [4.78, 5) is 0. The quantitative estimate of drug-likeness (QED) is 0.750. The molecule has 0 atom stereocenters. The molecule has 0 heterocycles. The zero-order valence-electron chi connectivity index (χ0n) is 12.6. The highest BCUT2D eigenvalue weighted by Gasteiger charge is 2.16. The van der Waals surface area contributed by atoms with Gasteiger partial charge in [-0.3, -0.25) is 0 Å². The second-order valence-corrected chi connectivity index (χ2v) is 7.64. The number of benzene rings is 2. The maximum Gasteiger partial charge on any atom is 0.216 e. The van der Waals surface area contributed by atoms with Gasteiger partial charge in [0, 0.05) is 22.2 Å². The van der Waals surface area contributed by atoms with E-state index in [4.69, 9.17) is 27.9 Å². The fourth-order valence-corrected chi connectivity index (χ4v) is 3.86. The Balaban J connectivity index is 1.87. The minimum Gasteiger partial charge on any atom is -0.492 e. The summed E-state index contributed by atoms with van der Waals surface area (Å²) in [7, 11) is -3.54. The Morgan fingerprint density at radius 3 is 2.39 bits per heavy atom. The number of rotatable bonds is 7. The van der Waals surface area contributed by atoms with Crippen LogP contribution in [0.2, 0.25) is 10.0 Å². The Hall–Kier alpha value is -1.27. The van der Waals surface area contributed by atoms with E-state index in [9.17, 15) is 8.42 Å². The van der Waals surface area contributed by atoms with E-state index in [-0.39, 0.29) is 18.9 Å². The smallest absolute Gasteiger partial charge is 0.216 e. The third kappa shape index (κ3) is 5.70. The second-order valence-electron chi connectivity index (χ2n) is 5.02. The molecule has 0 unspecified atom stereocenters. The van der Waals surface area contributed by atoms with E-state index in [1.165, 1.54) is 0 Å².